The Labute approximate surface area is 194 Å². The molecule has 6 atom stereocenters. The van der Waals surface area contributed by atoms with Crippen molar-refractivity contribution in [2.45, 2.75) is 43.2 Å². The molecular weight excluding hydrogens is 470 g/mol. The number of carbonyl (C=O) groups excluding carboxylic acids is 4. The van der Waals surface area contributed by atoms with Crippen molar-refractivity contribution in [3.05, 3.63) is 0 Å². The average Bonchev–Trinajstić information content (AvgIpc) is 2.75. The van der Waals surface area contributed by atoms with Gasteiger partial charge in [-0.25, -0.2) is 4.79 Å². The first-order valence-corrected chi connectivity index (χ1v) is 10.5. The molecule has 0 unspecified atom stereocenters. The van der Waals surface area contributed by atoms with E-state index in [0.717, 1.165) is 6.92 Å². The standard InChI is InChI=1S/C16H29N5O9S2/c1-6(24)11(21-14(27)9(3-23)18-12(25)7(17)4-31)15(28)19-8(2-22)13(26)20-10(5-32)16(29)30/h6-11,22-24,31-32H,2-5,17H2,1H3,(H,18,25)(H,19,28)(H,20,26)(H,21,27)(H,29,30)/t6-,7+,8+,9+,10+,11+/m1/s1. The number of aliphatic carboxylic acids is 1. The van der Waals surface area contributed by atoms with E-state index in [9.17, 15) is 39.3 Å². The molecule has 0 fully saturated rings. The second-order valence-electron chi connectivity index (χ2n) is 6.59. The van der Waals surface area contributed by atoms with Gasteiger partial charge in [-0.15, -0.1) is 0 Å². The molecule has 0 aliphatic rings. The average molecular weight is 500 g/mol. The number of rotatable bonds is 14. The van der Waals surface area contributed by atoms with E-state index in [1.165, 1.54) is 0 Å². The zero-order valence-corrected chi connectivity index (χ0v) is 18.9. The van der Waals surface area contributed by atoms with Gasteiger partial charge in [-0.1, -0.05) is 0 Å². The molecule has 0 radical (unpaired) electrons. The quantitative estimate of drug-likeness (QED) is 0.101. The van der Waals surface area contributed by atoms with Crippen LogP contribution in [0.1, 0.15) is 6.92 Å². The molecule has 16 heteroatoms. The lowest BCUT2D eigenvalue weighted by Crippen LogP contribution is -2.62. The molecule has 0 aromatic heterocycles. The molecule has 184 valence electrons. The lowest BCUT2D eigenvalue weighted by atomic mass is 10.1. The Balaban J connectivity index is 5.26. The third kappa shape index (κ3) is 9.58. The molecule has 0 spiro atoms. The molecular formula is C16H29N5O9S2. The number of hydrogen-bond donors (Lipinski definition) is 11. The zero-order chi connectivity index (χ0) is 25.0. The van der Waals surface area contributed by atoms with Crippen molar-refractivity contribution in [2.24, 2.45) is 5.73 Å². The summed E-state index contributed by atoms with van der Waals surface area (Å²) < 4.78 is 0. The molecule has 10 N–H and O–H groups in total. The molecule has 0 bridgehead atoms. The van der Waals surface area contributed by atoms with E-state index in [-0.39, 0.29) is 11.5 Å². The number of carboxylic acid groups (broad SMARTS) is 1. The second-order valence-corrected chi connectivity index (χ2v) is 7.32. The maximum Gasteiger partial charge on any atom is 0.327 e. The van der Waals surface area contributed by atoms with Crippen LogP contribution in [-0.2, 0) is 24.0 Å². The second kappa shape index (κ2) is 14.9. The van der Waals surface area contributed by atoms with Gasteiger partial charge in [-0.2, -0.15) is 25.3 Å². The van der Waals surface area contributed by atoms with E-state index < -0.39 is 79.1 Å². The summed E-state index contributed by atoms with van der Waals surface area (Å²) in [5.74, 6) is -5.66. The molecule has 4 amide bonds. The topological polar surface area (TPSA) is 240 Å². The van der Waals surface area contributed by atoms with Gasteiger partial charge in [0, 0.05) is 11.5 Å². The lowest BCUT2D eigenvalue weighted by Gasteiger charge is -2.26. The predicted octanol–water partition coefficient (Wildman–Crippen LogP) is -5.44. The smallest absolute Gasteiger partial charge is 0.327 e. The fourth-order valence-corrected chi connectivity index (χ4v) is 2.54. The fourth-order valence-electron chi connectivity index (χ4n) is 2.13. The van der Waals surface area contributed by atoms with Crippen LogP contribution in [0.3, 0.4) is 0 Å². The first-order chi connectivity index (χ1) is 14.9. The highest BCUT2D eigenvalue weighted by atomic mass is 32.1. The number of thiol groups is 2. The zero-order valence-electron chi connectivity index (χ0n) is 17.1. The molecule has 0 saturated carbocycles. The van der Waals surface area contributed by atoms with E-state index >= 15 is 0 Å². The molecule has 0 aromatic rings. The van der Waals surface area contributed by atoms with Crippen LogP contribution >= 0.6 is 25.3 Å². The van der Waals surface area contributed by atoms with Crippen molar-refractivity contribution in [2.75, 3.05) is 24.7 Å². The highest BCUT2D eigenvalue weighted by Gasteiger charge is 2.33. The predicted molar refractivity (Wildman–Crippen MR) is 117 cm³/mol. The van der Waals surface area contributed by atoms with Crippen LogP contribution in [0.5, 0.6) is 0 Å². The van der Waals surface area contributed by atoms with Crippen molar-refractivity contribution >= 4 is 54.9 Å². The maximum absolute atomic E-state index is 12.5. The Kier molecular flexibility index (Phi) is 13.9. The van der Waals surface area contributed by atoms with Crippen LogP contribution in [0.2, 0.25) is 0 Å². The van der Waals surface area contributed by atoms with Gasteiger partial charge in [0.05, 0.1) is 25.4 Å². The number of nitrogens with two attached hydrogens (primary N) is 1. The number of carboxylic acids is 1. The molecule has 0 heterocycles. The van der Waals surface area contributed by atoms with Gasteiger partial charge in [0.15, 0.2) is 0 Å². The van der Waals surface area contributed by atoms with Crippen LogP contribution in [0.4, 0.5) is 0 Å². The minimum Gasteiger partial charge on any atom is -0.480 e. The number of hydrogen-bond acceptors (Lipinski definition) is 11. The van der Waals surface area contributed by atoms with Crippen LogP contribution in [0.15, 0.2) is 0 Å². The number of aliphatic hydroxyl groups is 3. The SMILES string of the molecule is C[C@@H](O)[C@H](NC(=O)[C@H](CO)NC(=O)[C@@H](N)CS)C(=O)N[C@@H](CO)C(=O)N[C@@H](CS)C(=O)O. The Morgan fingerprint density at radius 1 is 0.781 bits per heavy atom. The van der Waals surface area contributed by atoms with Crippen molar-refractivity contribution in [1.82, 2.24) is 21.3 Å². The Bertz CT molecular complexity index is 682. The minimum absolute atomic E-state index is 0.0368. The van der Waals surface area contributed by atoms with E-state index in [1.54, 1.807) is 0 Å². The summed E-state index contributed by atoms with van der Waals surface area (Å²) in [6, 6.07) is -7.22. The van der Waals surface area contributed by atoms with Gasteiger partial charge in [-0.05, 0) is 6.92 Å². The summed E-state index contributed by atoms with van der Waals surface area (Å²) in [4.78, 5) is 59.8. The van der Waals surface area contributed by atoms with E-state index in [0.29, 0.717) is 0 Å². The number of amides is 4. The van der Waals surface area contributed by atoms with Crippen molar-refractivity contribution in [3.8, 4) is 0 Å². The summed E-state index contributed by atoms with van der Waals surface area (Å²) in [7, 11) is 0. The molecule has 32 heavy (non-hydrogen) atoms. The maximum atomic E-state index is 12.5. The van der Waals surface area contributed by atoms with E-state index in [2.05, 4.69) is 46.5 Å². The van der Waals surface area contributed by atoms with Crippen molar-refractivity contribution in [3.63, 3.8) is 0 Å². The molecule has 0 aromatic carbocycles. The van der Waals surface area contributed by atoms with Gasteiger partial charge in [0.2, 0.25) is 23.6 Å². The highest BCUT2D eigenvalue weighted by Crippen LogP contribution is 1.99. The summed E-state index contributed by atoms with van der Waals surface area (Å²) in [5.41, 5.74) is 5.47. The van der Waals surface area contributed by atoms with Crippen LogP contribution in [0.25, 0.3) is 0 Å². The highest BCUT2D eigenvalue weighted by molar-refractivity contribution is 7.80. The molecule has 0 aliphatic heterocycles. The van der Waals surface area contributed by atoms with Crippen LogP contribution in [-0.4, -0.2) is 111 Å². The molecule has 14 nitrogen and oxygen atoms in total. The molecule has 0 saturated heterocycles. The number of nitrogens with one attached hydrogen (secondary N) is 4. The van der Waals surface area contributed by atoms with E-state index in [1.807, 2.05) is 0 Å². The molecule has 0 aliphatic carbocycles. The van der Waals surface area contributed by atoms with Crippen LogP contribution < -0.4 is 27.0 Å². The number of aliphatic hydroxyl groups excluding tert-OH is 3. The summed E-state index contributed by atoms with van der Waals surface area (Å²) in [6.07, 6.45) is -1.50. The van der Waals surface area contributed by atoms with Crippen LogP contribution in [0, 0.1) is 0 Å². The third-order valence-corrected chi connectivity index (χ3v) is 4.78. The van der Waals surface area contributed by atoms with Crippen molar-refractivity contribution < 1.29 is 44.4 Å². The molecule has 0 rings (SSSR count). The normalized spacial score (nSPS) is 16.5. The minimum atomic E-state index is -1.66. The van der Waals surface area contributed by atoms with Crippen molar-refractivity contribution in [1.29, 1.82) is 0 Å². The Morgan fingerprint density at radius 2 is 1.22 bits per heavy atom. The Morgan fingerprint density at radius 3 is 1.59 bits per heavy atom. The van der Waals surface area contributed by atoms with Gasteiger partial charge in [-0.3, -0.25) is 19.2 Å². The summed E-state index contributed by atoms with van der Waals surface area (Å²) in [6.45, 7) is -0.635. The van der Waals surface area contributed by atoms with Gasteiger partial charge < -0.3 is 47.4 Å². The Hall–Kier alpha value is -2.11. The summed E-state index contributed by atoms with van der Waals surface area (Å²) >= 11 is 7.61. The monoisotopic (exact) mass is 499 g/mol. The first-order valence-electron chi connectivity index (χ1n) is 9.24. The lowest BCUT2D eigenvalue weighted by molar-refractivity contribution is -0.142. The van der Waals surface area contributed by atoms with Gasteiger partial charge in [0.25, 0.3) is 0 Å². The van der Waals surface area contributed by atoms with E-state index in [4.69, 9.17) is 10.8 Å². The summed E-state index contributed by atoms with van der Waals surface area (Å²) in [5, 5.41) is 46.0. The first kappa shape index (κ1) is 29.9. The number of carbonyl (C=O) groups is 5. The van der Waals surface area contributed by atoms with Gasteiger partial charge >= 0.3 is 5.97 Å². The largest absolute Gasteiger partial charge is 0.480 e. The van der Waals surface area contributed by atoms with Gasteiger partial charge in [0.1, 0.15) is 24.2 Å². The third-order valence-electron chi connectivity index (χ3n) is 4.02. The fraction of sp³-hybridized carbons (Fsp3) is 0.688.